The van der Waals surface area contributed by atoms with Crippen LogP contribution in [0.4, 0.5) is 4.39 Å². The van der Waals surface area contributed by atoms with Gasteiger partial charge in [0.05, 0.1) is 0 Å². The molecule has 1 aromatic carbocycles. The van der Waals surface area contributed by atoms with Crippen LogP contribution < -0.4 is 10.0 Å². The van der Waals surface area contributed by atoms with Crippen LogP contribution in [0.1, 0.15) is 0 Å². The molecule has 0 saturated heterocycles. The van der Waals surface area contributed by atoms with Gasteiger partial charge < -0.3 is 4.52 Å². The van der Waals surface area contributed by atoms with Crippen LogP contribution in [0.25, 0.3) is 0 Å². The van der Waals surface area contributed by atoms with Gasteiger partial charge in [0.15, 0.2) is 0 Å². The maximum atomic E-state index is 12.4. The number of nitrogens with two attached hydrogens (primary N) is 1. The molecule has 0 aliphatic carbocycles. The fraction of sp³-hybridized carbons (Fsp3) is 0.143. The van der Waals surface area contributed by atoms with Gasteiger partial charge in [-0.1, -0.05) is 0 Å². The minimum atomic E-state index is -3.03. The molecule has 0 spiro atoms. The van der Waals surface area contributed by atoms with Crippen LogP contribution in [0, 0.1) is 5.82 Å². The number of benzene rings is 1. The molecule has 1 aromatic rings. The first kappa shape index (κ1) is 9.23. The van der Waals surface area contributed by atoms with Crippen molar-refractivity contribution in [2.75, 3.05) is 6.66 Å². The second-order valence-electron chi connectivity index (χ2n) is 2.45. The monoisotopic (exact) mass is 189 g/mol. The van der Waals surface area contributed by atoms with E-state index in [2.05, 4.69) is 0 Å². The maximum absolute atomic E-state index is 12.4. The number of halogens is 1. The van der Waals surface area contributed by atoms with Gasteiger partial charge in [-0.25, -0.2) is 9.89 Å². The van der Waals surface area contributed by atoms with E-state index in [4.69, 9.17) is 10.0 Å². The Bertz CT molecular complexity index is 306. The summed E-state index contributed by atoms with van der Waals surface area (Å²) >= 11 is 0. The van der Waals surface area contributed by atoms with Crippen molar-refractivity contribution in [3.8, 4) is 5.75 Å². The highest BCUT2D eigenvalue weighted by atomic mass is 31.2. The van der Waals surface area contributed by atoms with Gasteiger partial charge in [-0.3, -0.25) is 4.57 Å². The standard InChI is InChI=1S/C7H9FNO2P/c1-12(9,10)11-7-4-2-6(8)3-5-7/h2-5H,1H3,(H2,9,10)/t12-/m1/s1. The number of rotatable bonds is 2. The van der Waals surface area contributed by atoms with E-state index in [9.17, 15) is 8.96 Å². The van der Waals surface area contributed by atoms with Crippen molar-refractivity contribution < 1.29 is 13.5 Å². The Labute approximate surface area is 69.8 Å². The molecule has 1 rings (SSSR count). The third kappa shape index (κ3) is 3.03. The molecule has 0 amide bonds. The van der Waals surface area contributed by atoms with Gasteiger partial charge in [0, 0.05) is 6.66 Å². The smallest absolute Gasteiger partial charge is 0.310 e. The quantitative estimate of drug-likeness (QED) is 0.723. The predicted octanol–water partition coefficient (Wildman–Crippen LogP) is 1.99. The van der Waals surface area contributed by atoms with Crippen LogP contribution >= 0.6 is 7.52 Å². The summed E-state index contributed by atoms with van der Waals surface area (Å²) in [6.45, 7) is 1.29. The molecular formula is C7H9FNO2P. The van der Waals surface area contributed by atoms with Gasteiger partial charge in [0.2, 0.25) is 0 Å². The summed E-state index contributed by atoms with van der Waals surface area (Å²) in [4.78, 5) is 0. The van der Waals surface area contributed by atoms with Gasteiger partial charge in [-0.15, -0.1) is 0 Å². The second kappa shape index (κ2) is 3.25. The molecule has 5 heteroatoms. The van der Waals surface area contributed by atoms with Crippen molar-refractivity contribution in [2.24, 2.45) is 5.50 Å². The average Bonchev–Trinajstić information content (AvgIpc) is 1.91. The van der Waals surface area contributed by atoms with Crippen LogP contribution in [0.3, 0.4) is 0 Å². The normalized spacial score (nSPS) is 15.2. The first-order chi connectivity index (χ1) is 5.47. The molecule has 0 unspecified atom stereocenters. The third-order valence-electron chi connectivity index (χ3n) is 1.10. The van der Waals surface area contributed by atoms with Crippen LogP contribution in [-0.4, -0.2) is 6.66 Å². The fourth-order valence-corrected chi connectivity index (χ4v) is 1.25. The van der Waals surface area contributed by atoms with E-state index in [0.29, 0.717) is 5.75 Å². The van der Waals surface area contributed by atoms with E-state index in [1.165, 1.54) is 30.9 Å². The molecule has 0 radical (unpaired) electrons. The highest BCUT2D eigenvalue weighted by Crippen LogP contribution is 2.33. The van der Waals surface area contributed by atoms with Crippen molar-refractivity contribution in [2.45, 2.75) is 0 Å². The molecule has 0 aliphatic heterocycles. The Morgan fingerprint density at radius 2 is 1.92 bits per heavy atom. The van der Waals surface area contributed by atoms with Crippen molar-refractivity contribution >= 4 is 7.52 Å². The molecule has 12 heavy (non-hydrogen) atoms. The minimum absolute atomic E-state index is 0.310. The first-order valence-electron chi connectivity index (χ1n) is 3.29. The summed E-state index contributed by atoms with van der Waals surface area (Å²) in [5, 5.41) is 0. The molecule has 0 bridgehead atoms. The Morgan fingerprint density at radius 3 is 2.33 bits per heavy atom. The summed E-state index contributed by atoms with van der Waals surface area (Å²) in [6, 6.07) is 5.17. The second-order valence-corrected chi connectivity index (χ2v) is 4.45. The van der Waals surface area contributed by atoms with Gasteiger partial charge in [-0.05, 0) is 24.3 Å². The highest BCUT2D eigenvalue weighted by Gasteiger charge is 2.08. The van der Waals surface area contributed by atoms with E-state index < -0.39 is 7.52 Å². The van der Waals surface area contributed by atoms with Crippen LogP contribution in [0.15, 0.2) is 24.3 Å². The molecule has 1 atom stereocenters. The van der Waals surface area contributed by atoms with Gasteiger partial charge in [0.25, 0.3) is 0 Å². The Balaban J connectivity index is 2.78. The first-order valence-corrected chi connectivity index (χ1v) is 5.43. The van der Waals surface area contributed by atoms with Crippen LogP contribution in [0.5, 0.6) is 5.75 Å². The highest BCUT2D eigenvalue weighted by molar-refractivity contribution is 7.56. The van der Waals surface area contributed by atoms with Gasteiger partial charge >= 0.3 is 7.52 Å². The lowest BCUT2D eigenvalue weighted by Crippen LogP contribution is -1.99. The Morgan fingerprint density at radius 1 is 1.42 bits per heavy atom. The molecule has 66 valence electrons. The van der Waals surface area contributed by atoms with Crippen molar-refractivity contribution in [1.29, 1.82) is 0 Å². The van der Waals surface area contributed by atoms with Gasteiger partial charge in [0.1, 0.15) is 11.6 Å². The SMILES string of the molecule is C[P@@](N)(=O)Oc1ccc(F)cc1. The topological polar surface area (TPSA) is 52.3 Å². The molecule has 3 nitrogen and oxygen atoms in total. The summed E-state index contributed by atoms with van der Waals surface area (Å²) < 4.78 is 28.1. The van der Waals surface area contributed by atoms with Crippen molar-refractivity contribution in [3.05, 3.63) is 30.1 Å². The van der Waals surface area contributed by atoms with Crippen LogP contribution in [-0.2, 0) is 4.57 Å². The molecule has 0 heterocycles. The van der Waals surface area contributed by atoms with E-state index in [-0.39, 0.29) is 5.82 Å². The maximum Gasteiger partial charge on any atom is 0.310 e. The molecule has 2 N–H and O–H groups in total. The lowest BCUT2D eigenvalue weighted by Gasteiger charge is -2.08. The molecule has 0 aliphatic rings. The van der Waals surface area contributed by atoms with Gasteiger partial charge in [-0.2, -0.15) is 0 Å². The Hall–Kier alpha value is -0.860. The van der Waals surface area contributed by atoms with Crippen molar-refractivity contribution in [3.63, 3.8) is 0 Å². The summed E-state index contributed by atoms with van der Waals surface area (Å²) in [6.07, 6.45) is 0. The lowest BCUT2D eigenvalue weighted by molar-refractivity contribution is 0.488. The summed E-state index contributed by atoms with van der Waals surface area (Å²) in [5.74, 6) is -0.0601. The zero-order valence-electron chi connectivity index (χ0n) is 6.53. The number of hydrogen-bond donors (Lipinski definition) is 1. The molecule has 0 aromatic heterocycles. The van der Waals surface area contributed by atoms with Crippen molar-refractivity contribution in [1.82, 2.24) is 0 Å². The van der Waals surface area contributed by atoms with E-state index in [1.54, 1.807) is 0 Å². The third-order valence-corrected chi connectivity index (χ3v) is 1.67. The number of hydrogen-bond acceptors (Lipinski definition) is 2. The summed E-state index contributed by atoms with van der Waals surface area (Å²) in [7, 11) is -3.03. The van der Waals surface area contributed by atoms with E-state index in [0.717, 1.165) is 0 Å². The van der Waals surface area contributed by atoms with E-state index in [1.807, 2.05) is 0 Å². The predicted molar refractivity (Wildman–Crippen MR) is 44.7 cm³/mol. The molecule has 0 saturated carbocycles. The lowest BCUT2D eigenvalue weighted by atomic mass is 10.3. The molecule has 0 fully saturated rings. The fourth-order valence-electron chi connectivity index (χ4n) is 0.705. The zero-order valence-corrected chi connectivity index (χ0v) is 7.42. The van der Waals surface area contributed by atoms with Crippen LogP contribution in [0.2, 0.25) is 0 Å². The Kier molecular flexibility index (Phi) is 2.50. The molecular weight excluding hydrogens is 180 g/mol. The minimum Gasteiger partial charge on any atom is -0.433 e. The summed E-state index contributed by atoms with van der Waals surface area (Å²) in [5.41, 5.74) is 5.15. The van der Waals surface area contributed by atoms with E-state index >= 15 is 0 Å². The average molecular weight is 189 g/mol. The largest absolute Gasteiger partial charge is 0.433 e. The zero-order chi connectivity index (χ0) is 9.19.